The van der Waals surface area contributed by atoms with Crippen LogP contribution in [0.5, 0.6) is 0 Å². The van der Waals surface area contributed by atoms with Crippen molar-refractivity contribution in [2.75, 3.05) is 5.32 Å². The molecule has 0 bridgehead atoms. The van der Waals surface area contributed by atoms with Crippen LogP contribution in [0.15, 0.2) is 24.3 Å². The van der Waals surface area contributed by atoms with Gasteiger partial charge in [0.1, 0.15) is 5.60 Å². The fourth-order valence-corrected chi connectivity index (χ4v) is 2.32. The van der Waals surface area contributed by atoms with Crippen molar-refractivity contribution in [3.05, 3.63) is 29.8 Å². The molecule has 0 spiro atoms. The van der Waals surface area contributed by atoms with Crippen LogP contribution in [0.2, 0.25) is 0 Å². The number of unbranched alkanes of at least 4 members (excludes halogenated alkanes) is 1. The maximum Gasteiger partial charge on any atom is 0.407 e. The number of hydrogen-bond acceptors (Lipinski definition) is 3. The molecule has 4 heteroatoms. The Morgan fingerprint density at radius 1 is 1.26 bits per heavy atom. The molecule has 1 aromatic rings. The van der Waals surface area contributed by atoms with E-state index in [1.54, 1.807) is 0 Å². The van der Waals surface area contributed by atoms with Gasteiger partial charge in [0.2, 0.25) is 0 Å². The van der Waals surface area contributed by atoms with E-state index in [2.05, 4.69) is 36.6 Å². The Labute approximate surface area is 141 Å². The molecule has 0 radical (unpaired) electrons. The number of amides is 1. The van der Waals surface area contributed by atoms with Crippen LogP contribution in [0.4, 0.5) is 10.5 Å². The standard InChI is InChI=1S/C19H32N2O2/c1-6-8-11-16(7-2)21-17-12-9-10-15(13-17)14-20-18(22)23-19(3,4)5/h9-10,12-13,16,21H,6-8,11,14H2,1-5H3,(H,20,22). The highest BCUT2D eigenvalue weighted by molar-refractivity contribution is 5.67. The first-order chi connectivity index (χ1) is 10.8. The van der Waals surface area contributed by atoms with E-state index < -0.39 is 5.60 Å². The molecule has 2 N–H and O–H groups in total. The number of benzene rings is 1. The normalized spacial score (nSPS) is 12.6. The number of rotatable bonds is 8. The molecule has 0 saturated heterocycles. The highest BCUT2D eigenvalue weighted by Gasteiger charge is 2.15. The topological polar surface area (TPSA) is 50.4 Å². The fraction of sp³-hybridized carbons (Fsp3) is 0.632. The minimum atomic E-state index is -0.471. The molecule has 1 amide bonds. The fourth-order valence-electron chi connectivity index (χ4n) is 2.32. The SMILES string of the molecule is CCCCC(CC)Nc1cccc(CNC(=O)OC(C)(C)C)c1. The summed E-state index contributed by atoms with van der Waals surface area (Å²) in [5, 5.41) is 6.38. The number of nitrogens with one attached hydrogen (secondary N) is 2. The van der Waals surface area contributed by atoms with Gasteiger partial charge in [0.15, 0.2) is 0 Å². The third kappa shape index (κ3) is 8.48. The van der Waals surface area contributed by atoms with E-state index in [-0.39, 0.29) is 6.09 Å². The van der Waals surface area contributed by atoms with Gasteiger partial charge in [-0.3, -0.25) is 0 Å². The van der Waals surface area contributed by atoms with Crippen LogP contribution in [0.1, 0.15) is 65.9 Å². The summed E-state index contributed by atoms with van der Waals surface area (Å²) in [7, 11) is 0. The number of anilines is 1. The second kappa shape index (κ2) is 9.43. The Bertz CT molecular complexity index is 481. The molecule has 23 heavy (non-hydrogen) atoms. The minimum Gasteiger partial charge on any atom is -0.444 e. The van der Waals surface area contributed by atoms with Crippen molar-refractivity contribution >= 4 is 11.8 Å². The van der Waals surface area contributed by atoms with Crippen LogP contribution in [0.25, 0.3) is 0 Å². The van der Waals surface area contributed by atoms with Crippen LogP contribution in [-0.4, -0.2) is 17.7 Å². The lowest BCUT2D eigenvalue weighted by Crippen LogP contribution is -2.32. The molecule has 0 aromatic heterocycles. The van der Waals surface area contributed by atoms with E-state index in [0.29, 0.717) is 12.6 Å². The van der Waals surface area contributed by atoms with Gasteiger partial charge in [0.25, 0.3) is 0 Å². The third-order valence-electron chi connectivity index (χ3n) is 3.53. The predicted molar refractivity (Wildman–Crippen MR) is 96.7 cm³/mol. The molecule has 0 fully saturated rings. The highest BCUT2D eigenvalue weighted by Crippen LogP contribution is 2.16. The van der Waals surface area contributed by atoms with Crippen molar-refractivity contribution in [3.63, 3.8) is 0 Å². The first kappa shape index (κ1) is 19.3. The molecule has 4 nitrogen and oxygen atoms in total. The highest BCUT2D eigenvalue weighted by atomic mass is 16.6. The zero-order chi connectivity index (χ0) is 17.3. The molecule has 0 saturated carbocycles. The third-order valence-corrected chi connectivity index (χ3v) is 3.53. The number of carbonyl (C=O) groups excluding carboxylic acids is 1. The number of alkyl carbamates (subject to hydrolysis) is 1. The van der Waals surface area contributed by atoms with Gasteiger partial charge in [-0.25, -0.2) is 4.79 Å². The van der Waals surface area contributed by atoms with Gasteiger partial charge < -0.3 is 15.4 Å². The van der Waals surface area contributed by atoms with Gasteiger partial charge in [-0.1, -0.05) is 38.8 Å². The maximum absolute atomic E-state index is 11.7. The lowest BCUT2D eigenvalue weighted by Gasteiger charge is -2.20. The molecule has 1 atom stereocenters. The van der Waals surface area contributed by atoms with Gasteiger partial charge in [0, 0.05) is 18.3 Å². The van der Waals surface area contributed by atoms with E-state index in [1.807, 2.05) is 32.9 Å². The lowest BCUT2D eigenvalue weighted by atomic mass is 10.1. The molecule has 0 aliphatic heterocycles. The monoisotopic (exact) mass is 320 g/mol. The summed E-state index contributed by atoms with van der Waals surface area (Å²) >= 11 is 0. The molecular weight excluding hydrogens is 288 g/mol. The molecule has 1 aromatic carbocycles. The van der Waals surface area contributed by atoms with Crippen LogP contribution in [-0.2, 0) is 11.3 Å². The second-order valence-corrected chi connectivity index (χ2v) is 6.95. The Hall–Kier alpha value is -1.71. The zero-order valence-corrected chi connectivity index (χ0v) is 15.2. The minimum absolute atomic E-state index is 0.384. The Morgan fingerprint density at radius 2 is 2.00 bits per heavy atom. The molecule has 0 aliphatic rings. The summed E-state index contributed by atoms with van der Waals surface area (Å²) in [6.07, 6.45) is 4.38. The van der Waals surface area contributed by atoms with Gasteiger partial charge in [0.05, 0.1) is 0 Å². The Morgan fingerprint density at radius 3 is 2.61 bits per heavy atom. The molecular formula is C19H32N2O2. The molecule has 1 unspecified atom stereocenters. The summed E-state index contributed by atoms with van der Waals surface area (Å²) in [5.41, 5.74) is 1.70. The van der Waals surface area contributed by atoms with E-state index >= 15 is 0 Å². The molecule has 0 heterocycles. The van der Waals surface area contributed by atoms with Crippen LogP contribution >= 0.6 is 0 Å². The first-order valence-electron chi connectivity index (χ1n) is 8.66. The summed E-state index contributed by atoms with van der Waals surface area (Å²) < 4.78 is 5.25. The zero-order valence-electron chi connectivity index (χ0n) is 15.2. The summed E-state index contributed by atoms with van der Waals surface area (Å²) in [6.45, 7) is 10.5. The van der Waals surface area contributed by atoms with Crippen molar-refractivity contribution in [2.45, 2.75) is 78.5 Å². The quantitative estimate of drug-likeness (QED) is 0.701. The van der Waals surface area contributed by atoms with Gasteiger partial charge in [-0.05, 0) is 51.3 Å². The predicted octanol–water partition coefficient (Wildman–Crippen LogP) is 5.09. The molecule has 0 aliphatic carbocycles. The summed E-state index contributed by atoms with van der Waals surface area (Å²) in [6, 6.07) is 8.69. The average molecular weight is 320 g/mol. The van der Waals surface area contributed by atoms with Gasteiger partial charge in [-0.15, -0.1) is 0 Å². The van der Waals surface area contributed by atoms with E-state index in [1.165, 1.54) is 19.3 Å². The first-order valence-corrected chi connectivity index (χ1v) is 8.66. The summed E-state index contributed by atoms with van der Waals surface area (Å²) in [4.78, 5) is 11.7. The van der Waals surface area contributed by atoms with E-state index in [0.717, 1.165) is 17.7 Å². The van der Waals surface area contributed by atoms with Crippen molar-refractivity contribution in [1.29, 1.82) is 0 Å². The van der Waals surface area contributed by atoms with Crippen molar-refractivity contribution in [3.8, 4) is 0 Å². The van der Waals surface area contributed by atoms with Gasteiger partial charge in [-0.2, -0.15) is 0 Å². The van der Waals surface area contributed by atoms with Crippen LogP contribution in [0.3, 0.4) is 0 Å². The van der Waals surface area contributed by atoms with Gasteiger partial charge >= 0.3 is 6.09 Å². The Kier molecular flexibility index (Phi) is 7.93. The Balaban J connectivity index is 2.54. The largest absolute Gasteiger partial charge is 0.444 e. The average Bonchev–Trinajstić information content (AvgIpc) is 2.48. The van der Waals surface area contributed by atoms with Crippen LogP contribution < -0.4 is 10.6 Å². The summed E-state index contributed by atoms with van der Waals surface area (Å²) in [5.74, 6) is 0. The maximum atomic E-state index is 11.7. The second-order valence-electron chi connectivity index (χ2n) is 6.95. The number of carbonyl (C=O) groups is 1. The van der Waals surface area contributed by atoms with E-state index in [4.69, 9.17) is 4.74 Å². The van der Waals surface area contributed by atoms with Crippen molar-refractivity contribution in [1.82, 2.24) is 5.32 Å². The number of ether oxygens (including phenoxy) is 1. The number of hydrogen-bond donors (Lipinski definition) is 2. The van der Waals surface area contributed by atoms with Crippen LogP contribution in [0, 0.1) is 0 Å². The van der Waals surface area contributed by atoms with Crippen molar-refractivity contribution < 1.29 is 9.53 Å². The van der Waals surface area contributed by atoms with E-state index in [9.17, 15) is 4.79 Å². The smallest absolute Gasteiger partial charge is 0.407 e. The molecule has 130 valence electrons. The molecule has 1 rings (SSSR count). The van der Waals surface area contributed by atoms with Crippen molar-refractivity contribution in [2.24, 2.45) is 0 Å². The lowest BCUT2D eigenvalue weighted by molar-refractivity contribution is 0.0523.